The third kappa shape index (κ3) is 47.3. The number of phosphoric acid groups is 1. The summed E-state index contributed by atoms with van der Waals surface area (Å²) in [6.07, 6.45) is 51.4. The van der Waals surface area contributed by atoms with Crippen molar-refractivity contribution in [1.29, 1.82) is 0 Å². The lowest BCUT2D eigenvalue weighted by Crippen LogP contribution is -2.46. The van der Waals surface area contributed by atoms with E-state index in [1.807, 2.05) is 21.1 Å². The number of phosphoric ester groups is 1. The molecule has 61 heavy (non-hydrogen) atoms. The van der Waals surface area contributed by atoms with Crippen LogP contribution < -0.4 is 5.32 Å². The Morgan fingerprint density at radius 1 is 0.492 bits per heavy atom. The van der Waals surface area contributed by atoms with E-state index in [0.29, 0.717) is 23.9 Å². The highest BCUT2D eigenvalue weighted by Crippen LogP contribution is 2.43. The van der Waals surface area contributed by atoms with Crippen LogP contribution in [0.2, 0.25) is 0 Å². The van der Waals surface area contributed by atoms with Crippen LogP contribution in [0.1, 0.15) is 277 Å². The van der Waals surface area contributed by atoms with Gasteiger partial charge in [-0.2, -0.15) is 0 Å². The molecule has 366 valence electrons. The number of carbonyl (C=O) groups excluding carboxylic acids is 1. The topological polar surface area (TPSA) is 105 Å². The van der Waals surface area contributed by atoms with Gasteiger partial charge in [0.1, 0.15) is 13.2 Å². The summed E-state index contributed by atoms with van der Waals surface area (Å²) in [5.74, 6) is -0.137. The van der Waals surface area contributed by atoms with Crippen LogP contribution in [0.4, 0.5) is 0 Å². The van der Waals surface area contributed by atoms with Crippen LogP contribution in [-0.2, 0) is 18.4 Å². The third-order valence-electron chi connectivity index (χ3n) is 12.6. The van der Waals surface area contributed by atoms with Crippen molar-refractivity contribution in [1.82, 2.24) is 5.32 Å². The predicted octanol–water partition coefficient (Wildman–Crippen LogP) is 15.7. The molecule has 9 heteroatoms. The average molecular weight is 888 g/mol. The van der Waals surface area contributed by atoms with E-state index < -0.39 is 20.0 Å². The minimum atomic E-state index is -4.31. The first-order valence-corrected chi connectivity index (χ1v) is 28.4. The van der Waals surface area contributed by atoms with Crippen LogP contribution in [-0.4, -0.2) is 73.4 Å². The predicted molar refractivity (Wildman–Crippen MR) is 263 cm³/mol. The van der Waals surface area contributed by atoms with E-state index >= 15 is 0 Å². The molecule has 0 heterocycles. The summed E-state index contributed by atoms with van der Waals surface area (Å²) in [5.41, 5.74) is 0. The Morgan fingerprint density at radius 2 is 0.787 bits per heavy atom. The number of rotatable bonds is 50. The van der Waals surface area contributed by atoms with E-state index in [9.17, 15) is 19.4 Å². The van der Waals surface area contributed by atoms with E-state index in [1.165, 1.54) is 212 Å². The number of hydrogen-bond acceptors (Lipinski definition) is 5. The molecule has 0 fully saturated rings. The van der Waals surface area contributed by atoms with Crippen LogP contribution in [0.3, 0.4) is 0 Å². The molecule has 3 atom stereocenters. The highest BCUT2D eigenvalue weighted by molar-refractivity contribution is 7.47. The number of nitrogens with zero attached hydrogens (tertiary/aromatic N) is 1. The summed E-state index contributed by atoms with van der Waals surface area (Å²) in [7, 11) is 1.63. The van der Waals surface area contributed by atoms with Gasteiger partial charge in [0.05, 0.1) is 39.9 Å². The molecular weight excluding hydrogens is 780 g/mol. The van der Waals surface area contributed by atoms with Crippen molar-refractivity contribution in [2.75, 3.05) is 40.9 Å². The molecule has 1 amide bonds. The molecule has 3 N–H and O–H groups in total. The highest BCUT2D eigenvalue weighted by Gasteiger charge is 2.28. The van der Waals surface area contributed by atoms with E-state index in [0.717, 1.165) is 38.5 Å². The standard InChI is InChI=1S/C52H107N2O6P/c1-6-8-10-12-14-16-18-20-22-23-24-25-26-27-28-29-30-32-34-36-38-40-42-44-46-52(56)53-50(49-60-61(57,58)59-48-47-54(3,4)5)51(55)45-43-41-39-37-35-33-31-21-19-17-15-13-11-9-7-2/h50-51,55H,6-49H2,1-5H3,(H-,53,56,57,58)/p+1/t50-,51+/m0/s1. The molecule has 0 aromatic rings. The second-order valence-corrected chi connectivity index (χ2v) is 21.4. The number of aliphatic hydroxyl groups is 1. The number of carbonyl (C=O) groups is 1. The van der Waals surface area contributed by atoms with Crippen molar-refractivity contribution in [3.05, 3.63) is 0 Å². The van der Waals surface area contributed by atoms with Crippen molar-refractivity contribution in [2.24, 2.45) is 0 Å². The van der Waals surface area contributed by atoms with Crippen LogP contribution in [0, 0.1) is 0 Å². The van der Waals surface area contributed by atoms with Gasteiger partial charge < -0.3 is 19.8 Å². The summed E-state index contributed by atoms with van der Waals surface area (Å²) in [5, 5.41) is 14.0. The van der Waals surface area contributed by atoms with Crippen molar-refractivity contribution >= 4 is 13.7 Å². The van der Waals surface area contributed by atoms with Gasteiger partial charge >= 0.3 is 7.82 Å². The maximum atomic E-state index is 13.0. The minimum Gasteiger partial charge on any atom is -0.391 e. The van der Waals surface area contributed by atoms with E-state index in [-0.39, 0.29) is 19.1 Å². The maximum Gasteiger partial charge on any atom is 0.472 e. The van der Waals surface area contributed by atoms with Gasteiger partial charge in [-0.15, -0.1) is 0 Å². The zero-order chi connectivity index (χ0) is 45.0. The Hall–Kier alpha value is -0.500. The molecule has 0 saturated heterocycles. The van der Waals surface area contributed by atoms with E-state index in [4.69, 9.17) is 9.05 Å². The SMILES string of the molecule is CCCCCCCCCCCCCCCCCCCCCCCCCCC(=O)N[C@@H](COP(=O)(O)OCC[N+](C)(C)C)[C@H](O)CCCCCCCCCCCCCCCCC. The molecule has 0 bridgehead atoms. The first-order valence-electron chi connectivity index (χ1n) is 26.9. The molecule has 0 aromatic carbocycles. The molecule has 0 aliphatic rings. The Balaban J connectivity index is 4.13. The summed E-state index contributed by atoms with van der Waals surface area (Å²) >= 11 is 0. The monoisotopic (exact) mass is 888 g/mol. The van der Waals surface area contributed by atoms with Gasteiger partial charge in [0.15, 0.2) is 0 Å². The number of unbranched alkanes of at least 4 members (excludes halogenated alkanes) is 37. The molecule has 0 saturated carbocycles. The molecule has 8 nitrogen and oxygen atoms in total. The Labute approximate surface area is 380 Å². The molecule has 0 aliphatic carbocycles. The molecule has 1 unspecified atom stereocenters. The second kappa shape index (κ2) is 44.7. The van der Waals surface area contributed by atoms with Crippen LogP contribution in [0.15, 0.2) is 0 Å². The lowest BCUT2D eigenvalue weighted by molar-refractivity contribution is -0.870. The van der Waals surface area contributed by atoms with Crippen LogP contribution >= 0.6 is 7.82 Å². The number of amides is 1. The van der Waals surface area contributed by atoms with E-state index in [1.54, 1.807) is 0 Å². The molecule has 0 spiro atoms. The van der Waals surface area contributed by atoms with Crippen LogP contribution in [0.5, 0.6) is 0 Å². The lowest BCUT2D eigenvalue weighted by Gasteiger charge is -2.26. The Morgan fingerprint density at radius 3 is 1.10 bits per heavy atom. The number of likely N-dealkylation sites (N-methyl/N-ethyl adjacent to an activating group) is 1. The van der Waals surface area contributed by atoms with Crippen LogP contribution in [0.25, 0.3) is 0 Å². The molecule has 0 rings (SSSR count). The lowest BCUT2D eigenvalue weighted by atomic mass is 10.0. The zero-order valence-corrected chi connectivity index (χ0v) is 42.6. The fourth-order valence-corrected chi connectivity index (χ4v) is 9.08. The van der Waals surface area contributed by atoms with Gasteiger partial charge in [0.2, 0.25) is 5.91 Å². The first-order chi connectivity index (χ1) is 29.5. The van der Waals surface area contributed by atoms with Gasteiger partial charge in [-0.1, -0.05) is 258 Å². The van der Waals surface area contributed by atoms with Crippen molar-refractivity contribution in [2.45, 2.75) is 289 Å². The minimum absolute atomic E-state index is 0.0789. The molecular formula is C52H108N2O6P+. The van der Waals surface area contributed by atoms with Crippen molar-refractivity contribution in [3.63, 3.8) is 0 Å². The van der Waals surface area contributed by atoms with Crippen molar-refractivity contribution in [3.8, 4) is 0 Å². The molecule has 0 radical (unpaired) electrons. The van der Waals surface area contributed by atoms with Crippen molar-refractivity contribution < 1.29 is 32.9 Å². The third-order valence-corrected chi connectivity index (χ3v) is 13.6. The van der Waals surface area contributed by atoms with Gasteiger partial charge in [0.25, 0.3) is 0 Å². The van der Waals surface area contributed by atoms with Gasteiger partial charge in [-0.05, 0) is 12.8 Å². The number of quaternary nitrogens is 1. The highest BCUT2D eigenvalue weighted by atomic mass is 31.2. The zero-order valence-electron chi connectivity index (χ0n) is 41.7. The number of nitrogens with one attached hydrogen (secondary N) is 1. The second-order valence-electron chi connectivity index (χ2n) is 20.0. The Bertz CT molecular complexity index is 963. The summed E-state index contributed by atoms with van der Waals surface area (Å²) in [6, 6.07) is -0.754. The number of aliphatic hydroxyl groups excluding tert-OH is 1. The first kappa shape index (κ1) is 60.5. The van der Waals surface area contributed by atoms with E-state index in [2.05, 4.69) is 19.2 Å². The Kier molecular flexibility index (Phi) is 44.3. The van der Waals surface area contributed by atoms with Gasteiger partial charge in [-0.3, -0.25) is 13.8 Å². The average Bonchev–Trinajstić information content (AvgIpc) is 3.21. The fraction of sp³-hybridized carbons (Fsp3) is 0.981. The maximum absolute atomic E-state index is 13.0. The quantitative estimate of drug-likeness (QED) is 0.0319. The van der Waals surface area contributed by atoms with Gasteiger partial charge in [0, 0.05) is 6.42 Å². The summed E-state index contributed by atoms with van der Waals surface area (Å²) in [4.78, 5) is 23.3. The molecule has 0 aliphatic heterocycles. The normalized spacial score (nSPS) is 14.0. The fourth-order valence-electron chi connectivity index (χ4n) is 8.34. The number of hydrogen-bond donors (Lipinski definition) is 3. The smallest absolute Gasteiger partial charge is 0.391 e. The summed E-state index contributed by atoms with van der Waals surface area (Å²) in [6.45, 7) is 4.93. The largest absolute Gasteiger partial charge is 0.472 e. The van der Waals surface area contributed by atoms with Gasteiger partial charge in [-0.25, -0.2) is 4.57 Å². The molecule has 0 aromatic heterocycles. The summed E-state index contributed by atoms with van der Waals surface area (Å²) < 4.78 is 23.7.